The molecule has 0 saturated heterocycles. The van der Waals surface area contributed by atoms with Gasteiger partial charge in [-0.3, -0.25) is 0 Å². The third-order valence-electron chi connectivity index (χ3n) is 4.46. The highest BCUT2D eigenvalue weighted by molar-refractivity contribution is 7.15. The van der Waals surface area contributed by atoms with Crippen LogP contribution in [0.5, 0.6) is 0 Å². The van der Waals surface area contributed by atoms with Crippen molar-refractivity contribution in [1.82, 2.24) is 5.32 Å². The summed E-state index contributed by atoms with van der Waals surface area (Å²) in [4.78, 5) is 2.81. The van der Waals surface area contributed by atoms with E-state index in [2.05, 4.69) is 54.7 Å². The second-order valence-electron chi connectivity index (χ2n) is 5.93. The van der Waals surface area contributed by atoms with Gasteiger partial charge >= 0.3 is 0 Å². The first-order valence-electron chi connectivity index (χ1n) is 7.68. The molecular weight excluding hydrogens is 262 g/mol. The van der Waals surface area contributed by atoms with Crippen LogP contribution in [-0.2, 0) is 6.54 Å². The van der Waals surface area contributed by atoms with E-state index in [1.165, 1.54) is 41.1 Å². The third-order valence-corrected chi connectivity index (χ3v) is 5.60. The SMILES string of the molecule is CC1CCCC1CNCc1ccc(-c2ccccc2)s1. The van der Waals surface area contributed by atoms with Crippen molar-refractivity contribution in [3.05, 3.63) is 47.3 Å². The van der Waals surface area contributed by atoms with Crippen LogP contribution in [0.4, 0.5) is 0 Å². The van der Waals surface area contributed by atoms with Crippen molar-refractivity contribution in [2.45, 2.75) is 32.7 Å². The van der Waals surface area contributed by atoms with Crippen molar-refractivity contribution < 1.29 is 0 Å². The first-order chi connectivity index (χ1) is 9.83. The average Bonchev–Trinajstić information content (AvgIpc) is 3.10. The van der Waals surface area contributed by atoms with E-state index >= 15 is 0 Å². The van der Waals surface area contributed by atoms with Gasteiger partial charge in [0.1, 0.15) is 0 Å². The lowest BCUT2D eigenvalue weighted by atomic mass is 9.98. The lowest BCUT2D eigenvalue weighted by Crippen LogP contribution is -2.23. The van der Waals surface area contributed by atoms with Crippen LogP contribution in [0.15, 0.2) is 42.5 Å². The summed E-state index contributed by atoms with van der Waals surface area (Å²) >= 11 is 1.91. The van der Waals surface area contributed by atoms with Gasteiger partial charge in [-0.1, -0.05) is 50.1 Å². The molecule has 0 spiro atoms. The summed E-state index contributed by atoms with van der Waals surface area (Å²) in [6, 6.07) is 15.2. The molecule has 1 N–H and O–H groups in total. The second kappa shape index (κ2) is 6.55. The molecule has 2 aromatic rings. The highest BCUT2D eigenvalue weighted by atomic mass is 32.1. The Morgan fingerprint density at radius 3 is 2.70 bits per heavy atom. The zero-order valence-corrected chi connectivity index (χ0v) is 13.0. The molecule has 0 aliphatic heterocycles. The van der Waals surface area contributed by atoms with Crippen molar-refractivity contribution >= 4 is 11.3 Å². The summed E-state index contributed by atoms with van der Waals surface area (Å²) in [6.45, 7) is 4.60. The number of hydrogen-bond acceptors (Lipinski definition) is 2. The zero-order valence-electron chi connectivity index (χ0n) is 12.1. The Morgan fingerprint density at radius 1 is 1.10 bits per heavy atom. The third kappa shape index (κ3) is 3.31. The second-order valence-corrected chi connectivity index (χ2v) is 7.10. The predicted molar refractivity (Wildman–Crippen MR) is 88.0 cm³/mol. The van der Waals surface area contributed by atoms with E-state index in [4.69, 9.17) is 0 Å². The zero-order chi connectivity index (χ0) is 13.8. The first kappa shape index (κ1) is 13.8. The molecule has 0 radical (unpaired) electrons. The van der Waals surface area contributed by atoms with Crippen LogP contribution < -0.4 is 5.32 Å². The van der Waals surface area contributed by atoms with Crippen molar-refractivity contribution in [2.24, 2.45) is 11.8 Å². The first-order valence-corrected chi connectivity index (χ1v) is 8.49. The molecule has 1 heterocycles. The fourth-order valence-corrected chi connectivity index (χ4v) is 4.12. The molecule has 20 heavy (non-hydrogen) atoms. The molecule has 1 aromatic heterocycles. The van der Waals surface area contributed by atoms with Crippen molar-refractivity contribution in [1.29, 1.82) is 0 Å². The van der Waals surface area contributed by atoms with E-state index in [0.717, 1.165) is 18.4 Å². The smallest absolute Gasteiger partial charge is 0.0346 e. The van der Waals surface area contributed by atoms with Crippen molar-refractivity contribution in [3.63, 3.8) is 0 Å². The van der Waals surface area contributed by atoms with Crippen LogP contribution in [0, 0.1) is 11.8 Å². The summed E-state index contributed by atoms with van der Waals surface area (Å²) in [7, 11) is 0. The molecule has 2 atom stereocenters. The van der Waals surface area contributed by atoms with E-state index in [9.17, 15) is 0 Å². The quantitative estimate of drug-likeness (QED) is 0.820. The predicted octanol–water partition coefficient (Wildman–Crippen LogP) is 4.94. The molecule has 0 bridgehead atoms. The van der Waals surface area contributed by atoms with E-state index in [-0.39, 0.29) is 0 Å². The van der Waals surface area contributed by atoms with Crippen LogP contribution in [0.3, 0.4) is 0 Å². The Morgan fingerprint density at radius 2 is 1.95 bits per heavy atom. The summed E-state index contributed by atoms with van der Waals surface area (Å²) in [5.74, 6) is 1.80. The maximum atomic E-state index is 3.65. The summed E-state index contributed by atoms with van der Waals surface area (Å²) in [5, 5.41) is 3.65. The maximum absolute atomic E-state index is 3.65. The van der Waals surface area contributed by atoms with Gasteiger partial charge in [0.25, 0.3) is 0 Å². The minimum atomic E-state index is 0.892. The molecule has 1 aromatic carbocycles. The topological polar surface area (TPSA) is 12.0 Å². The van der Waals surface area contributed by atoms with Gasteiger partial charge in [-0.05, 0) is 42.5 Å². The Balaban J connectivity index is 1.53. The average molecular weight is 285 g/mol. The maximum Gasteiger partial charge on any atom is 0.0346 e. The molecular formula is C18H23NS. The largest absolute Gasteiger partial charge is 0.312 e. The van der Waals surface area contributed by atoms with Gasteiger partial charge in [-0.15, -0.1) is 11.3 Å². The van der Waals surface area contributed by atoms with Gasteiger partial charge in [0, 0.05) is 16.3 Å². The molecule has 106 valence electrons. The number of rotatable bonds is 5. The molecule has 1 aliphatic carbocycles. The Kier molecular flexibility index (Phi) is 4.54. The number of nitrogens with one attached hydrogen (secondary N) is 1. The number of thiophene rings is 1. The molecule has 1 nitrogen and oxygen atoms in total. The monoisotopic (exact) mass is 285 g/mol. The Hall–Kier alpha value is -1.12. The van der Waals surface area contributed by atoms with E-state index in [1.54, 1.807) is 0 Å². The van der Waals surface area contributed by atoms with Crippen LogP contribution in [-0.4, -0.2) is 6.54 Å². The Bertz CT molecular complexity index is 531. The number of benzene rings is 1. The fourth-order valence-electron chi connectivity index (χ4n) is 3.14. The van der Waals surface area contributed by atoms with Gasteiger partial charge in [-0.25, -0.2) is 0 Å². The van der Waals surface area contributed by atoms with Gasteiger partial charge in [0.2, 0.25) is 0 Å². The lowest BCUT2D eigenvalue weighted by molar-refractivity contribution is 0.392. The van der Waals surface area contributed by atoms with Gasteiger partial charge < -0.3 is 5.32 Å². The van der Waals surface area contributed by atoms with E-state index in [0.29, 0.717) is 0 Å². The van der Waals surface area contributed by atoms with Gasteiger partial charge in [0.15, 0.2) is 0 Å². The van der Waals surface area contributed by atoms with Gasteiger partial charge in [-0.2, -0.15) is 0 Å². The molecule has 1 aliphatic rings. The fraction of sp³-hybridized carbons (Fsp3) is 0.444. The summed E-state index contributed by atoms with van der Waals surface area (Å²) in [5.41, 5.74) is 1.33. The van der Waals surface area contributed by atoms with Crippen LogP contribution in [0.25, 0.3) is 10.4 Å². The summed E-state index contributed by atoms with van der Waals surface area (Å²) < 4.78 is 0. The standard InChI is InChI=1S/C18H23NS/c1-14-6-5-9-16(14)12-19-13-17-10-11-18(20-17)15-7-3-2-4-8-15/h2-4,7-8,10-11,14,16,19H,5-6,9,12-13H2,1H3. The van der Waals surface area contributed by atoms with Crippen LogP contribution in [0.1, 0.15) is 31.1 Å². The highest BCUT2D eigenvalue weighted by Crippen LogP contribution is 2.31. The minimum absolute atomic E-state index is 0.892. The highest BCUT2D eigenvalue weighted by Gasteiger charge is 2.22. The normalized spacial score (nSPS) is 22.2. The lowest BCUT2D eigenvalue weighted by Gasteiger charge is -2.15. The molecule has 0 amide bonds. The van der Waals surface area contributed by atoms with E-state index < -0.39 is 0 Å². The summed E-state index contributed by atoms with van der Waals surface area (Å²) in [6.07, 6.45) is 4.25. The minimum Gasteiger partial charge on any atom is -0.312 e. The molecule has 1 saturated carbocycles. The molecule has 3 rings (SSSR count). The van der Waals surface area contributed by atoms with Crippen molar-refractivity contribution in [2.75, 3.05) is 6.54 Å². The molecule has 2 heteroatoms. The van der Waals surface area contributed by atoms with Crippen LogP contribution in [0.2, 0.25) is 0 Å². The molecule has 2 unspecified atom stereocenters. The van der Waals surface area contributed by atoms with Gasteiger partial charge in [0.05, 0.1) is 0 Å². The van der Waals surface area contributed by atoms with Crippen LogP contribution >= 0.6 is 11.3 Å². The van der Waals surface area contributed by atoms with E-state index in [1.807, 2.05) is 11.3 Å². The Labute approximate surface area is 126 Å². The molecule has 1 fully saturated rings. The number of hydrogen-bond donors (Lipinski definition) is 1. The van der Waals surface area contributed by atoms with Crippen molar-refractivity contribution in [3.8, 4) is 10.4 Å².